The number of hydrogen-bond acceptors (Lipinski definition) is 5. The Labute approximate surface area is 125 Å². The molecule has 1 aliphatic rings. The molecule has 1 fully saturated rings. The molecule has 0 unspecified atom stereocenters. The number of rotatable bonds is 4. The molecule has 110 valence electrons. The SMILES string of the molecule is CN(C)[C@@H]1CCN(c2ncccn2)[C@H]1Cc1cccnc1. The molecule has 1 aliphatic heterocycles. The summed E-state index contributed by atoms with van der Waals surface area (Å²) in [5.41, 5.74) is 1.26. The minimum absolute atomic E-state index is 0.381. The van der Waals surface area contributed by atoms with Gasteiger partial charge in [-0.3, -0.25) is 4.98 Å². The largest absolute Gasteiger partial charge is 0.336 e. The Bertz CT molecular complexity index is 557. The summed E-state index contributed by atoms with van der Waals surface area (Å²) in [5.74, 6) is 0.829. The average molecular weight is 283 g/mol. The molecular formula is C16H21N5. The van der Waals surface area contributed by atoms with Gasteiger partial charge < -0.3 is 9.80 Å². The maximum atomic E-state index is 4.43. The van der Waals surface area contributed by atoms with Crippen molar-refractivity contribution in [1.82, 2.24) is 19.9 Å². The predicted octanol–water partition coefficient (Wildman–Crippen LogP) is 1.62. The van der Waals surface area contributed by atoms with Gasteiger partial charge >= 0.3 is 0 Å². The number of nitrogens with zero attached hydrogens (tertiary/aromatic N) is 5. The van der Waals surface area contributed by atoms with Crippen LogP contribution in [0.15, 0.2) is 43.0 Å². The lowest BCUT2D eigenvalue weighted by atomic mass is 10.0. The third-order valence-electron chi connectivity index (χ3n) is 4.15. The first kappa shape index (κ1) is 13.9. The molecular weight excluding hydrogens is 262 g/mol. The van der Waals surface area contributed by atoms with Crippen LogP contribution in [0.1, 0.15) is 12.0 Å². The van der Waals surface area contributed by atoms with E-state index < -0.39 is 0 Å². The van der Waals surface area contributed by atoms with E-state index in [1.54, 1.807) is 0 Å². The second kappa shape index (κ2) is 6.18. The van der Waals surface area contributed by atoms with E-state index in [1.165, 1.54) is 5.56 Å². The summed E-state index contributed by atoms with van der Waals surface area (Å²) in [4.78, 5) is 17.7. The van der Waals surface area contributed by atoms with Crippen LogP contribution in [0.3, 0.4) is 0 Å². The Hall–Kier alpha value is -2.01. The molecule has 0 N–H and O–H groups in total. The monoisotopic (exact) mass is 283 g/mol. The Morgan fingerprint density at radius 1 is 1.19 bits per heavy atom. The van der Waals surface area contributed by atoms with Crippen molar-refractivity contribution >= 4 is 5.95 Å². The van der Waals surface area contributed by atoms with Gasteiger partial charge in [-0.1, -0.05) is 6.07 Å². The van der Waals surface area contributed by atoms with Gasteiger partial charge in [0.25, 0.3) is 0 Å². The van der Waals surface area contributed by atoms with Crippen molar-refractivity contribution in [2.75, 3.05) is 25.5 Å². The normalized spacial score (nSPS) is 22.0. The van der Waals surface area contributed by atoms with E-state index in [2.05, 4.69) is 44.9 Å². The van der Waals surface area contributed by atoms with Crippen molar-refractivity contribution in [3.8, 4) is 0 Å². The Balaban J connectivity index is 1.86. The number of hydrogen-bond donors (Lipinski definition) is 0. The van der Waals surface area contributed by atoms with Gasteiger partial charge in [-0.15, -0.1) is 0 Å². The fraction of sp³-hybridized carbons (Fsp3) is 0.438. The summed E-state index contributed by atoms with van der Waals surface area (Å²) < 4.78 is 0. The highest BCUT2D eigenvalue weighted by Gasteiger charge is 2.36. The molecule has 0 radical (unpaired) electrons. The van der Waals surface area contributed by atoms with E-state index in [4.69, 9.17) is 0 Å². The minimum atomic E-state index is 0.381. The highest BCUT2D eigenvalue weighted by molar-refractivity contribution is 5.35. The van der Waals surface area contributed by atoms with Crippen molar-refractivity contribution in [2.24, 2.45) is 0 Å². The van der Waals surface area contributed by atoms with Crippen molar-refractivity contribution in [3.05, 3.63) is 48.5 Å². The third kappa shape index (κ3) is 3.03. The van der Waals surface area contributed by atoms with Crippen molar-refractivity contribution in [1.29, 1.82) is 0 Å². The molecule has 3 heterocycles. The van der Waals surface area contributed by atoms with Crippen LogP contribution in [0.2, 0.25) is 0 Å². The van der Waals surface area contributed by atoms with Crippen LogP contribution in [-0.4, -0.2) is 52.6 Å². The summed E-state index contributed by atoms with van der Waals surface area (Å²) in [6.07, 6.45) is 9.50. The number of aromatic nitrogens is 3. The second-order valence-corrected chi connectivity index (χ2v) is 5.69. The second-order valence-electron chi connectivity index (χ2n) is 5.69. The molecule has 2 aromatic rings. The summed E-state index contributed by atoms with van der Waals surface area (Å²) in [7, 11) is 4.30. The first-order chi connectivity index (χ1) is 10.3. The van der Waals surface area contributed by atoms with Gasteiger partial charge in [-0.05, 0) is 44.6 Å². The zero-order valence-electron chi connectivity index (χ0n) is 12.6. The summed E-state index contributed by atoms with van der Waals surface area (Å²) in [6.45, 7) is 0.998. The van der Waals surface area contributed by atoms with E-state index in [0.29, 0.717) is 12.1 Å². The molecule has 0 aromatic carbocycles. The zero-order chi connectivity index (χ0) is 14.7. The minimum Gasteiger partial charge on any atom is -0.336 e. The molecule has 2 atom stereocenters. The van der Waals surface area contributed by atoms with Crippen LogP contribution in [0.4, 0.5) is 5.95 Å². The predicted molar refractivity (Wildman–Crippen MR) is 83.2 cm³/mol. The van der Waals surface area contributed by atoms with E-state index in [-0.39, 0.29) is 0 Å². The van der Waals surface area contributed by atoms with Gasteiger partial charge in [0.15, 0.2) is 0 Å². The molecule has 2 aromatic heterocycles. The molecule has 0 aliphatic carbocycles. The van der Waals surface area contributed by atoms with Gasteiger partial charge in [0.1, 0.15) is 0 Å². The van der Waals surface area contributed by atoms with Gasteiger partial charge in [0.2, 0.25) is 5.95 Å². The third-order valence-corrected chi connectivity index (χ3v) is 4.15. The van der Waals surface area contributed by atoms with Crippen molar-refractivity contribution in [2.45, 2.75) is 24.9 Å². The maximum absolute atomic E-state index is 4.43. The Morgan fingerprint density at radius 3 is 2.67 bits per heavy atom. The van der Waals surface area contributed by atoms with Crippen LogP contribution in [-0.2, 0) is 6.42 Å². The van der Waals surface area contributed by atoms with Crippen LogP contribution in [0.5, 0.6) is 0 Å². The van der Waals surface area contributed by atoms with Gasteiger partial charge in [0, 0.05) is 37.4 Å². The number of pyridine rings is 1. The standard InChI is InChI=1S/C16H21N5/c1-20(2)14-6-10-21(16-18-8-4-9-19-16)15(14)11-13-5-3-7-17-12-13/h3-5,7-9,12,14-15H,6,10-11H2,1-2H3/t14-,15+/m1/s1. The van der Waals surface area contributed by atoms with E-state index in [1.807, 2.05) is 36.9 Å². The molecule has 21 heavy (non-hydrogen) atoms. The Kier molecular flexibility index (Phi) is 4.10. The molecule has 3 rings (SSSR count). The van der Waals surface area contributed by atoms with Crippen molar-refractivity contribution in [3.63, 3.8) is 0 Å². The summed E-state index contributed by atoms with van der Waals surface area (Å²) in [6, 6.07) is 6.89. The van der Waals surface area contributed by atoms with Crippen LogP contribution in [0, 0.1) is 0 Å². The van der Waals surface area contributed by atoms with Crippen LogP contribution < -0.4 is 4.90 Å². The maximum Gasteiger partial charge on any atom is 0.225 e. The van der Waals surface area contributed by atoms with Gasteiger partial charge in [-0.25, -0.2) is 9.97 Å². The highest BCUT2D eigenvalue weighted by atomic mass is 15.3. The van der Waals surface area contributed by atoms with E-state index in [9.17, 15) is 0 Å². The fourth-order valence-electron chi connectivity index (χ4n) is 3.13. The number of anilines is 1. The van der Waals surface area contributed by atoms with E-state index >= 15 is 0 Å². The van der Waals surface area contributed by atoms with Gasteiger partial charge in [-0.2, -0.15) is 0 Å². The first-order valence-corrected chi connectivity index (χ1v) is 7.34. The molecule has 0 spiro atoms. The van der Waals surface area contributed by atoms with Crippen molar-refractivity contribution < 1.29 is 0 Å². The summed E-state index contributed by atoms with van der Waals surface area (Å²) >= 11 is 0. The zero-order valence-corrected chi connectivity index (χ0v) is 12.6. The van der Waals surface area contributed by atoms with Crippen LogP contribution >= 0.6 is 0 Å². The smallest absolute Gasteiger partial charge is 0.225 e. The molecule has 0 bridgehead atoms. The summed E-state index contributed by atoms with van der Waals surface area (Å²) in [5, 5.41) is 0. The van der Waals surface area contributed by atoms with Crippen LogP contribution in [0.25, 0.3) is 0 Å². The fourth-order valence-corrected chi connectivity index (χ4v) is 3.13. The molecule has 1 saturated heterocycles. The molecule has 0 amide bonds. The topological polar surface area (TPSA) is 45.2 Å². The number of likely N-dealkylation sites (N-methyl/N-ethyl adjacent to an activating group) is 1. The average Bonchev–Trinajstić information content (AvgIpc) is 2.93. The first-order valence-electron chi connectivity index (χ1n) is 7.34. The molecule has 0 saturated carbocycles. The molecule has 5 nitrogen and oxygen atoms in total. The van der Waals surface area contributed by atoms with Gasteiger partial charge in [0.05, 0.1) is 6.04 Å². The lowest BCUT2D eigenvalue weighted by Crippen LogP contribution is -2.44. The quantitative estimate of drug-likeness (QED) is 0.853. The molecule has 5 heteroatoms. The lowest BCUT2D eigenvalue weighted by Gasteiger charge is -2.31. The highest BCUT2D eigenvalue weighted by Crippen LogP contribution is 2.27. The van der Waals surface area contributed by atoms with E-state index in [0.717, 1.165) is 25.3 Å². The lowest BCUT2D eigenvalue weighted by molar-refractivity contribution is 0.273. The Morgan fingerprint density at radius 2 is 2.00 bits per heavy atom.